The van der Waals surface area contributed by atoms with Crippen molar-refractivity contribution in [3.63, 3.8) is 0 Å². The standard InChI is InChI=1S/C18H24N2O4S3/c1-2-15-6-3-4-12-20(15)27(23,24)18-10-8-17(9-11-18)26(21,22)19-14-16-7-5-13-25-16/h5,7-11,13,15,19H,2-4,6,12,14H2,1H3. The molecule has 6 nitrogen and oxygen atoms in total. The SMILES string of the molecule is CCC1CCCCN1S(=O)(=O)c1ccc(S(=O)(=O)NCc2cccs2)cc1. The summed E-state index contributed by atoms with van der Waals surface area (Å²) in [5.41, 5.74) is 0. The fraction of sp³-hybridized carbons (Fsp3) is 0.444. The number of sulfonamides is 2. The second-order valence-electron chi connectivity index (χ2n) is 6.55. The molecule has 2 aromatic rings. The van der Waals surface area contributed by atoms with E-state index in [0.717, 1.165) is 30.6 Å². The van der Waals surface area contributed by atoms with Crippen LogP contribution in [-0.2, 0) is 26.6 Å². The largest absolute Gasteiger partial charge is 0.243 e. The molecule has 9 heteroatoms. The van der Waals surface area contributed by atoms with Crippen molar-refractivity contribution in [2.24, 2.45) is 0 Å². The van der Waals surface area contributed by atoms with Crippen molar-refractivity contribution in [2.75, 3.05) is 6.54 Å². The minimum absolute atomic E-state index is 0.0135. The molecule has 1 aliphatic heterocycles. The third-order valence-electron chi connectivity index (χ3n) is 4.80. The van der Waals surface area contributed by atoms with Gasteiger partial charge in [-0.15, -0.1) is 11.3 Å². The molecule has 148 valence electrons. The number of benzene rings is 1. The Hall–Kier alpha value is -1.26. The summed E-state index contributed by atoms with van der Waals surface area (Å²) in [6.07, 6.45) is 3.54. The van der Waals surface area contributed by atoms with Gasteiger partial charge in [-0.25, -0.2) is 21.6 Å². The molecular formula is C18H24N2O4S3. The molecule has 0 aliphatic carbocycles. The van der Waals surface area contributed by atoms with E-state index >= 15 is 0 Å². The zero-order chi connectivity index (χ0) is 19.5. The summed E-state index contributed by atoms with van der Waals surface area (Å²) in [7, 11) is -7.30. The maximum absolute atomic E-state index is 13.0. The normalized spacial score (nSPS) is 19.2. The Morgan fingerprint density at radius 1 is 1.07 bits per heavy atom. The molecule has 1 N–H and O–H groups in total. The van der Waals surface area contributed by atoms with E-state index in [1.165, 1.54) is 35.6 Å². The number of hydrogen-bond acceptors (Lipinski definition) is 5. The van der Waals surface area contributed by atoms with Gasteiger partial charge in [-0.05, 0) is 55.0 Å². The molecule has 0 radical (unpaired) electrons. The first kappa shape index (κ1) is 20.5. The van der Waals surface area contributed by atoms with Crippen LogP contribution in [0.2, 0.25) is 0 Å². The van der Waals surface area contributed by atoms with Crippen LogP contribution < -0.4 is 4.72 Å². The van der Waals surface area contributed by atoms with E-state index in [9.17, 15) is 16.8 Å². The molecule has 0 saturated carbocycles. The van der Waals surface area contributed by atoms with Gasteiger partial charge in [0.2, 0.25) is 20.0 Å². The lowest BCUT2D eigenvalue weighted by molar-refractivity contribution is 0.246. The Bertz CT molecular complexity index is 953. The van der Waals surface area contributed by atoms with Gasteiger partial charge >= 0.3 is 0 Å². The van der Waals surface area contributed by atoms with Crippen LogP contribution in [0.25, 0.3) is 0 Å². The molecule has 0 bridgehead atoms. The molecule has 1 unspecified atom stereocenters. The highest BCUT2D eigenvalue weighted by molar-refractivity contribution is 7.89. The molecule has 1 atom stereocenters. The Morgan fingerprint density at radius 3 is 2.41 bits per heavy atom. The van der Waals surface area contributed by atoms with E-state index < -0.39 is 20.0 Å². The molecule has 1 aliphatic rings. The molecular weight excluding hydrogens is 404 g/mol. The molecule has 1 fully saturated rings. The maximum Gasteiger partial charge on any atom is 0.243 e. The van der Waals surface area contributed by atoms with Crippen LogP contribution in [0.15, 0.2) is 51.6 Å². The number of hydrogen-bond donors (Lipinski definition) is 1. The van der Waals surface area contributed by atoms with E-state index in [0.29, 0.717) is 6.54 Å². The minimum atomic E-state index is -3.69. The van der Waals surface area contributed by atoms with Crippen LogP contribution >= 0.6 is 11.3 Å². The predicted octanol–water partition coefficient (Wildman–Crippen LogP) is 3.18. The molecule has 0 spiro atoms. The zero-order valence-electron chi connectivity index (χ0n) is 15.2. The molecule has 2 heterocycles. The van der Waals surface area contributed by atoms with Crippen LogP contribution in [0.1, 0.15) is 37.5 Å². The van der Waals surface area contributed by atoms with Crippen LogP contribution in [0, 0.1) is 0 Å². The molecule has 1 aromatic carbocycles. The van der Waals surface area contributed by atoms with Gasteiger partial charge in [0.15, 0.2) is 0 Å². The smallest absolute Gasteiger partial charge is 0.207 e. The molecule has 1 saturated heterocycles. The average Bonchev–Trinajstić information content (AvgIpc) is 3.20. The number of thiophene rings is 1. The fourth-order valence-corrected chi connectivity index (χ4v) is 6.80. The number of nitrogens with one attached hydrogen (secondary N) is 1. The monoisotopic (exact) mass is 428 g/mol. The van der Waals surface area contributed by atoms with E-state index in [-0.39, 0.29) is 22.4 Å². The first-order chi connectivity index (χ1) is 12.8. The Kier molecular flexibility index (Phi) is 6.37. The van der Waals surface area contributed by atoms with Crippen LogP contribution in [0.3, 0.4) is 0 Å². The van der Waals surface area contributed by atoms with E-state index in [2.05, 4.69) is 4.72 Å². The topological polar surface area (TPSA) is 83.6 Å². The third-order valence-corrected chi connectivity index (χ3v) is 9.06. The maximum atomic E-state index is 13.0. The summed E-state index contributed by atoms with van der Waals surface area (Å²) in [5.74, 6) is 0. The molecule has 1 aromatic heterocycles. The van der Waals surface area contributed by atoms with Gasteiger partial charge in [-0.2, -0.15) is 4.31 Å². The van der Waals surface area contributed by atoms with Crippen molar-refractivity contribution in [1.82, 2.24) is 9.03 Å². The summed E-state index contributed by atoms with van der Waals surface area (Å²) in [6.45, 7) is 2.72. The zero-order valence-corrected chi connectivity index (χ0v) is 17.6. The van der Waals surface area contributed by atoms with Gasteiger partial charge in [0, 0.05) is 24.0 Å². The number of rotatable bonds is 7. The summed E-state index contributed by atoms with van der Waals surface area (Å²) in [4.78, 5) is 1.11. The van der Waals surface area contributed by atoms with E-state index in [1.54, 1.807) is 4.31 Å². The molecule has 3 rings (SSSR count). The average molecular weight is 429 g/mol. The van der Waals surface area contributed by atoms with E-state index in [4.69, 9.17) is 0 Å². The van der Waals surface area contributed by atoms with Crippen molar-refractivity contribution in [3.05, 3.63) is 46.7 Å². The van der Waals surface area contributed by atoms with Crippen molar-refractivity contribution < 1.29 is 16.8 Å². The highest BCUT2D eigenvalue weighted by atomic mass is 32.2. The second kappa shape index (κ2) is 8.40. The lowest BCUT2D eigenvalue weighted by atomic mass is 10.0. The van der Waals surface area contributed by atoms with Crippen molar-refractivity contribution >= 4 is 31.4 Å². The predicted molar refractivity (Wildman–Crippen MR) is 107 cm³/mol. The lowest BCUT2D eigenvalue weighted by Crippen LogP contribution is -2.43. The van der Waals surface area contributed by atoms with E-state index in [1.807, 2.05) is 24.4 Å². The van der Waals surface area contributed by atoms with Crippen LogP contribution in [0.4, 0.5) is 0 Å². The molecule has 27 heavy (non-hydrogen) atoms. The van der Waals surface area contributed by atoms with Gasteiger partial charge in [0.25, 0.3) is 0 Å². The minimum Gasteiger partial charge on any atom is -0.207 e. The fourth-order valence-electron chi connectivity index (χ4n) is 3.29. The van der Waals surface area contributed by atoms with Crippen LogP contribution in [-0.4, -0.2) is 33.7 Å². The van der Waals surface area contributed by atoms with Crippen molar-refractivity contribution in [3.8, 4) is 0 Å². The van der Waals surface area contributed by atoms with Crippen molar-refractivity contribution in [1.29, 1.82) is 0 Å². The van der Waals surface area contributed by atoms with Gasteiger partial charge in [0.05, 0.1) is 9.79 Å². The summed E-state index contributed by atoms with van der Waals surface area (Å²) in [6, 6.07) is 9.21. The summed E-state index contributed by atoms with van der Waals surface area (Å²) >= 11 is 1.47. The quantitative estimate of drug-likeness (QED) is 0.734. The summed E-state index contributed by atoms with van der Waals surface area (Å²) < 4.78 is 54.9. The van der Waals surface area contributed by atoms with Gasteiger partial charge in [-0.3, -0.25) is 0 Å². The Morgan fingerprint density at radius 2 is 1.78 bits per heavy atom. The van der Waals surface area contributed by atoms with Crippen LogP contribution in [0.5, 0.6) is 0 Å². The second-order valence-corrected chi connectivity index (χ2v) is 11.2. The number of piperidine rings is 1. The highest BCUT2D eigenvalue weighted by Crippen LogP contribution is 2.27. The third kappa shape index (κ3) is 4.60. The first-order valence-corrected chi connectivity index (χ1v) is 12.8. The molecule has 0 amide bonds. The lowest BCUT2D eigenvalue weighted by Gasteiger charge is -2.34. The Balaban J connectivity index is 1.77. The first-order valence-electron chi connectivity index (χ1n) is 8.98. The van der Waals surface area contributed by atoms with Crippen molar-refractivity contribution in [2.45, 2.75) is 55.0 Å². The summed E-state index contributed by atoms with van der Waals surface area (Å²) in [5, 5.41) is 1.88. The Labute approximate surface area is 165 Å². The van der Waals surface area contributed by atoms with Gasteiger partial charge in [-0.1, -0.05) is 19.4 Å². The van der Waals surface area contributed by atoms with Gasteiger partial charge in [0.1, 0.15) is 0 Å². The highest BCUT2D eigenvalue weighted by Gasteiger charge is 2.32. The van der Waals surface area contributed by atoms with Gasteiger partial charge < -0.3 is 0 Å². The number of nitrogens with zero attached hydrogens (tertiary/aromatic N) is 1.